The van der Waals surface area contributed by atoms with Crippen molar-refractivity contribution in [1.82, 2.24) is 0 Å². The van der Waals surface area contributed by atoms with Crippen LogP contribution >= 0.6 is 0 Å². The summed E-state index contributed by atoms with van der Waals surface area (Å²) in [5.41, 5.74) is 21.4. The number of benzene rings is 11. The Morgan fingerprint density at radius 3 is 1.61 bits per heavy atom. The van der Waals surface area contributed by atoms with Crippen LogP contribution in [0.2, 0.25) is 0 Å². The maximum absolute atomic E-state index is 6.49. The van der Waals surface area contributed by atoms with Crippen molar-refractivity contribution in [2.24, 2.45) is 0 Å². The molecule has 0 atom stereocenters. The Hall–Kier alpha value is -8.98. The van der Waals surface area contributed by atoms with E-state index in [0.717, 1.165) is 66.8 Å². The minimum Gasteiger partial charge on any atom is -0.455 e. The summed E-state index contributed by atoms with van der Waals surface area (Å²) in [6.07, 6.45) is 0. The highest BCUT2D eigenvalue weighted by molar-refractivity contribution is 6.09. The van der Waals surface area contributed by atoms with Gasteiger partial charge >= 0.3 is 0 Å². The fourth-order valence-electron chi connectivity index (χ4n) is 11.1. The molecule has 2 nitrogen and oxygen atoms in total. The van der Waals surface area contributed by atoms with E-state index < -0.39 is 5.41 Å². The van der Waals surface area contributed by atoms with E-state index in [1.54, 1.807) is 0 Å². The van der Waals surface area contributed by atoms with Crippen LogP contribution in [-0.4, -0.2) is 0 Å². The number of hydrogen-bond acceptors (Lipinski definition) is 2. The summed E-state index contributed by atoms with van der Waals surface area (Å²) in [7, 11) is 0. The molecule has 0 aliphatic heterocycles. The minimum atomic E-state index is -0.437. The SMILES string of the molecule is c1ccc(-c2cccc(N(c3ccc(-c4cccc5c4oc4ccccc45)cc3)c3ccccc3-c3cccc(-c4ccc5c(c4)-c4ccccc4C5(c4ccccc4)c4ccccc4)c3)c2)cc1. The average Bonchev–Trinajstić information content (AvgIpc) is 3.96. The maximum atomic E-state index is 6.49. The standard InChI is InChI=1S/C67H45NO/c1-4-19-46(20-5-1)49-22-17-28-55(44-49)68(54-40-37-47(38-41-54)57-32-18-33-60-59-31-12-15-36-65(59)69-66(57)60)64-35-14-11-29-56(64)51-23-16-21-48(43-51)50-39-42-63-61(45-50)58-30-10-13-34-62(58)67(63,52-24-6-2-7-25-52)53-26-8-3-9-27-53/h1-45H. The van der Waals surface area contributed by atoms with E-state index in [1.807, 2.05) is 12.1 Å². The Balaban J connectivity index is 0.932. The quantitative estimate of drug-likeness (QED) is 0.144. The predicted octanol–water partition coefficient (Wildman–Crippen LogP) is 18.1. The van der Waals surface area contributed by atoms with Crippen molar-refractivity contribution in [1.29, 1.82) is 0 Å². The van der Waals surface area contributed by atoms with E-state index in [4.69, 9.17) is 4.42 Å². The molecule has 1 aliphatic carbocycles. The van der Waals surface area contributed by atoms with E-state index in [-0.39, 0.29) is 0 Å². The van der Waals surface area contributed by atoms with Gasteiger partial charge in [-0.15, -0.1) is 0 Å². The number of anilines is 3. The summed E-state index contributed by atoms with van der Waals surface area (Å²) in [5, 5.41) is 2.26. The molecular formula is C67H45NO. The van der Waals surface area contributed by atoms with Crippen LogP contribution in [0.5, 0.6) is 0 Å². The van der Waals surface area contributed by atoms with Gasteiger partial charge in [-0.25, -0.2) is 0 Å². The Labute approximate surface area is 402 Å². The fraction of sp³-hybridized carbons (Fsp3) is 0.0149. The van der Waals surface area contributed by atoms with Gasteiger partial charge in [-0.1, -0.05) is 224 Å². The summed E-state index contributed by atoms with van der Waals surface area (Å²) in [5.74, 6) is 0. The maximum Gasteiger partial charge on any atom is 0.143 e. The van der Waals surface area contributed by atoms with Crippen LogP contribution in [0.25, 0.3) is 77.6 Å². The van der Waals surface area contributed by atoms with Crippen molar-refractivity contribution < 1.29 is 4.42 Å². The third-order valence-electron chi connectivity index (χ3n) is 14.2. The van der Waals surface area contributed by atoms with Crippen molar-refractivity contribution in [3.8, 4) is 55.6 Å². The van der Waals surface area contributed by atoms with Crippen molar-refractivity contribution in [2.75, 3.05) is 4.90 Å². The lowest BCUT2D eigenvalue weighted by Gasteiger charge is -2.33. The highest BCUT2D eigenvalue weighted by Gasteiger charge is 2.46. The Morgan fingerprint density at radius 1 is 0.290 bits per heavy atom. The molecule has 1 aliphatic rings. The van der Waals surface area contributed by atoms with Crippen molar-refractivity contribution >= 4 is 39.0 Å². The second-order valence-electron chi connectivity index (χ2n) is 18.0. The smallest absolute Gasteiger partial charge is 0.143 e. The van der Waals surface area contributed by atoms with Crippen LogP contribution in [0.1, 0.15) is 22.3 Å². The lowest BCUT2D eigenvalue weighted by Crippen LogP contribution is -2.28. The molecule has 0 N–H and O–H groups in total. The second-order valence-corrected chi connectivity index (χ2v) is 18.0. The van der Waals surface area contributed by atoms with Crippen LogP contribution in [0, 0.1) is 0 Å². The third-order valence-corrected chi connectivity index (χ3v) is 14.2. The van der Waals surface area contributed by atoms with Gasteiger partial charge in [0.15, 0.2) is 0 Å². The van der Waals surface area contributed by atoms with Crippen LogP contribution in [0.15, 0.2) is 277 Å². The minimum absolute atomic E-state index is 0.437. The van der Waals surface area contributed by atoms with Gasteiger partial charge in [-0.2, -0.15) is 0 Å². The summed E-state index contributed by atoms with van der Waals surface area (Å²) in [4.78, 5) is 2.40. The zero-order valence-electron chi connectivity index (χ0n) is 37.8. The van der Waals surface area contributed by atoms with Gasteiger partial charge in [0.1, 0.15) is 11.2 Å². The highest BCUT2D eigenvalue weighted by atomic mass is 16.3. The molecule has 0 saturated heterocycles. The van der Waals surface area contributed by atoms with E-state index in [2.05, 4.69) is 266 Å². The van der Waals surface area contributed by atoms with E-state index in [9.17, 15) is 0 Å². The number of fused-ring (bicyclic) bond motifs is 6. The Morgan fingerprint density at radius 2 is 0.826 bits per heavy atom. The molecule has 0 saturated carbocycles. The van der Waals surface area contributed by atoms with Gasteiger partial charge in [0.05, 0.1) is 11.1 Å². The van der Waals surface area contributed by atoms with Crippen molar-refractivity contribution in [2.45, 2.75) is 5.41 Å². The number of hydrogen-bond donors (Lipinski definition) is 0. The molecule has 1 heterocycles. The van der Waals surface area contributed by atoms with Crippen LogP contribution < -0.4 is 4.90 Å². The van der Waals surface area contributed by atoms with Gasteiger partial charge < -0.3 is 9.32 Å². The molecule has 0 fully saturated rings. The molecule has 12 aromatic rings. The van der Waals surface area contributed by atoms with E-state index >= 15 is 0 Å². The highest BCUT2D eigenvalue weighted by Crippen LogP contribution is 2.57. The Bertz CT molecular complexity index is 3790. The van der Waals surface area contributed by atoms with Gasteiger partial charge in [0.25, 0.3) is 0 Å². The molecule has 0 amide bonds. The van der Waals surface area contributed by atoms with E-state index in [0.29, 0.717) is 0 Å². The molecule has 0 bridgehead atoms. The first-order chi connectivity index (χ1) is 34.2. The zero-order chi connectivity index (χ0) is 45.7. The van der Waals surface area contributed by atoms with E-state index in [1.165, 1.54) is 50.1 Å². The zero-order valence-corrected chi connectivity index (χ0v) is 37.8. The molecule has 69 heavy (non-hydrogen) atoms. The molecule has 324 valence electrons. The molecule has 2 heteroatoms. The number of para-hydroxylation sites is 3. The van der Waals surface area contributed by atoms with Crippen LogP contribution in [0.3, 0.4) is 0 Å². The first-order valence-electron chi connectivity index (χ1n) is 23.7. The lowest BCUT2D eigenvalue weighted by atomic mass is 9.67. The molecule has 1 aromatic heterocycles. The average molecular weight is 880 g/mol. The lowest BCUT2D eigenvalue weighted by molar-refractivity contribution is 0.670. The van der Waals surface area contributed by atoms with Crippen molar-refractivity contribution in [3.05, 3.63) is 295 Å². The summed E-state index contributed by atoms with van der Waals surface area (Å²) in [6, 6.07) is 99.2. The summed E-state index contributed by atoms with van der Waals surface area (Å²) < 4.78 is 6.49. The summed E-state index contributed by atoms with van der Waals surface area (Å²) in [6.45, 7) is 0. The number of rotatable bonds is 9. The number of furan rings is 1. The molecular weight excluding hydrogens is 835 g/mol. The molecule has 11 aromatic carbocycles. The van der Waals surface area contributed by atoms with Gasteiger partial charge in [0, 0.05) is 33.3 Å². The summed E-state index contributed by atoms with van der Waals surface area (Å²) >= 11 is 0. The molecule has 0 spiro atoms. The topological polar surface area (TPSA) is 16.4 Å². The first-order valence-corrected chi connectivity index (χ1v) is 23.7. The predicted molar refractivity (Wildman–Crippen MR) is 287 cm³/mol. The van der Waals surface area contributed by atoms with Crippen molar-refractivity contribution in [3.63, 3.8) is 0 Å². The second kappa shape index (κ2) is 16.7. The van der Waals surface area contributed by atoms with Gasteiger partial charge in [-0.3, -0.25) is 0 Å². The van der Waals surface area contributed by atoms with Gasteiger partial charge in [0.2, 0.25) is 0 Å². The normalized spacial score (nSPS) is 12.5. The van der Waals surface area contributed by atoms with Crippen LogP contribution in [-0.2, 0) is 5.41 Å². The molecule has 13 rings (SSSR count). The number of nitrogens with zero attached hydrogens (tertiary/aromatic N) is 1. The third kappa shape index (κ3) is 6.72. The van der Waals surface area contributed by atoms with Gasteiger partial charge in [-0.05, 0) is 115 Å². The monoisotopic (exact) mass is 879 g/mol. The first kappa shape index (κ1) is 40.3. The molecule has 0 radical (unpaired) electrons. The fourth-order valence-corrected chi connectivity index (χ4v) is 11.1. The largest absolute Gasteiger partial charge is 0.455 e. The Kier molecular flexibility index (Phi) is 9.77. The van der Waals surface area contributed by atoms with Crippen LogP contribution in [0.4, 0.5) is 17.1 Å². The molecule has 0 unspecified atom stereocenters.